The zero-order valence-corrected chi connectivity index (χ0v) is 13.1. The minimum atomic E-state index is -0.211. The van der Waals surface area contributed by atoms with E-state index in [-0.39, 0.29) is 5.56 Å². The smallest absolute Gasteiger partial charge is 0.265 e. The first kappa shape index (κ1) is 14.6. The number of hydrogen-bond donors (Lipinski definition) is 1. The van der Waals surface area contributed by atoms with Gasteiger partial charge in [-0.05, 0) is 34.5 Å². The number of hydrogen-bond acceptors (Lipinski definition) is 4. The minimum absolute atomic E-state index is 0.211. The largest absolute Gasteiger partial charge is 0.493 e. The zero-order chi connectivity index (χ0) is 14.7. The van der Waals surface area contributed by atoms with E-state index in [0.29, 0.717) is 39.5 Å². The average molecular weight is 339 g/mol. The third-order valence-corrected chi connectivity index (χ3v) is 3.74. The van der Waals surface area contributed by atoms with Gasteiger partial charge in [-0.15, -0.1) is 0 Å². The van der Waals surface area contributed by atoms with Gasteiger partial charge < -0.3 is 14.5 Å². The Morgan fingerprint density at radius 2 is 2.05 bits per heavy atom. The van der Waals surface area contributed by atoms with Crippen molar-refractivity contribution in [3.8, 4) is 22.9 Å². The Morgan fingerprint density at radius 1 is 1.30 bits per heavy atom. The van der Waals surface area contributed by atoms with Gasteiger partial charge in [-0.25, -0.2) is 4.98 Å². The molecule has 106 valence electrons. The minimum Gasteiger partial charge on any atom is -0.493 e. The van der Waals surface area contributed by atoms with E-state index < -0.39 is 0 Å². The lowest BCUT2D eigenvalue weighted by Crippen LogP contribution is -2.13. The number of H-pyrrole nitrogens is 1. The van der Waals surface area contributed by atoms with Gasteiger partial charge in [-0.2, -0.15) is 0 Å². The first-order chi connectivity index (χ1) is 9.62. The summed E-state index contributed by atoms with van der Waals surface area (Å²) in [5.41, 5.74) is 1.18. The first-order valence-corrected chi connectivity index (χ1v) is 6.91. The molecule has 6 heteroatoms. The Labute approximate surface area is 125 Å². The molecule has 0 spiro atoms. The molecule has 5 nitrogen and oxygen atoms in total. The fourth-order valence-electron chi connectivity index (χ4n) is 1.94. The van der Waals surface area contributed by atoms with Crippen molar-refractivity contribution < 1.29 is 9.47 Å². The Morgan fingerprint density at radius 3 is 2.65 bits per heavy atom. The van der Waals surface area contributed by atoms with Crippen molar-refractivity contribution in [2.45, 2.75) is 13.3 Å². The number of aromatic amines is 1. The molecular weight excluding hydrogens is 324 g/mol. The molecule has 0 atom stereocenters. The molecular formula is C14H15BrN2O3. The quantitative estimate of drug-likeness (QED) is 0.930. The summed E-state index contributed by atoms with van der Waals surface area (Å²) >= 11 is 3.25. The summed E-state index contributed by atoms with van der Waals surface area (Å²) in [6.07, 6.45) is 0.657. The molecule has 20 heavy (non-hydrogen) atoms. The van der Waals surface area contributed by atoms with E-state index in [1.165, 1.54) is 0 Å². The van der Waals surface area contributed by atoms with Crippen LogP contribution in [-0.2, 0) is 6.42 Å². The second-order valence-corrected chi connectivity index (χ2v) is 4.86. The summed E-state index contributed by atoms with van der Waals surface area (Å²) in [6.45, 7) is 1.94. The van der Waals surface area contributed by atoms with Gasteiger partial charge in [0.1, 0.15) is 10.3 Å². The summed E-state index contributed by atoms with van der Waals surface area (Å²) in [6, 6.07) is 5.44. The zero-order valence-electron chi connectivity index (χ0n) is 11.5. The third-order valence-electron chi connectivity index (χ3n) is 2.92. The number of aryl methyl sites for hydroxylation is 1. The van der Waals surface area contributed by atoms with Crippen molar-refractivity contribution in [1.29, 1.82) is 0 Å². The van der Waals surface area contributed by atoms with E-state index in [2.05, 4.69) is 25.9 Å². The molecule has 0 aliphatic carbocycles. The second-order valence-electron chi connectivity index (χ2n) is 4.07. The van der Waals surface area contributed by atoms with E-state index >= 15 is 0 Å². The molecule has 0 aliphatic rings. The number of benzene rings is 1. The van der Waals surface area contributed by atoms with Crippen LogP contribution < -0.4 is 15.0 Å². The van der Waals surface area contributed by atoms with E-state index in [0.717, 1.165) is 0 Å². The van der Waals surface area contributed by atoms with Crippen molar-refractivity contribution in [2.24, 2.45) is 0 Å². The van der Waals surface area contributed by atoms with Gasteiger partial charge in [0.15, 0.2) is 11.5 Å². The van der Waals surface area contributed by atoms with Crippen molar-refractivity contribution in [3.63, 3.8) is 0 Å². The molecule has 2 aromatic rings. The Kier molecular flexibility index (Phi) is 4.44. The predicted octanol–water partition coefficient (Wildman–Crippen LogP) is 2.78. The van der Waals surface area contributed by atoms with Crippen molar-refractivity contribution in [2.75, 3.05) is 14.2 Å². The molecule has 0 saturated carbocycles. The van der Waals surface area contributed by atoms with Crippen molar-refractivity contribution in [3.05, 3.63) is 38.7 Å². The molecule has 0 saturated heterocycles. The standard InChI is InChI=1S/C14H15BrN2O3/c1-4-9-11(15)14(18)17-13(16-9)8-6-5-7-10(19-2)12(8)20-3/h5-7H,4H2,1-3H3,(H,16,17,18). The highest BCUT2D eigenvalue weighted by atomic mass is 79.9. The summed E-state index contributed by atoms with van der Waals surface area (Å²) < 4.78 is 11.1. The fourth-order valence-corrected chi connectivity index (χ4v) is 2.41. The maximum Gasteiger partial charge on any atom is 0.265 e. The van der Waals surface area contributed by atoms with E-state index in [9.17, 15) is 4.79 Å². The summed E-state index contributed by atoms with van der Waals surface area (Å²) in [7, 11) is 3.12. The molecule has 0 radical (unpaired) electrons. The van der Waals surface area contributed by atoms with Crippen LogP contribution in [0.25, 0.3) is 11.4 Å². The molecule has 0 unspecified atom stereocenters. The van der Waals surface area contributed by atoms with Gasteiger partial charge in [0.05, 0.1) is 25.5 Å². The molecule has 1 aromatic heterocycles. The lowest BCUT2D eigenvalue weighted by molar-refractivity contribution is 0.356. The van der Waals surface area contributed by atoms with Gasteiger partial charge in [0, 0.05) is 0 Å². The van der Waals surface area contributed by atoms with Gasteiger partial charge in [0.2, 0.25) is 0 Å². The summed E-state index contributed by atoms with van der Waals surface area (Å²) in [4.78, 5) is 19.1. The predicted molar refractivity (Wildman–Crippen MR) is 80.5 cm³/mol. The number of halogens is 1. The van der Waals surface area contributed by atoms with E-state index in [1.807, 2.05) is 19.1 Å². The molecule has 0 fully saturated rings. The van der Waals surface area contributed by atoms with Crippen LogP contribution in [0.5, 0.6) is 11.5 Å². The molecule has 0 bridgehead atoms. The lowest BCUT2D eigenvalue weighted by atomic mass is 10.1. The SMILES string of the molecule is CCc1nc(-c2cccc(OC)c2OC)[nH]c(=O)c1Br. The van der Waals surface area contributed by atoms with Crippen LogP contribution in [-0.4, -0.2) is 24.2 Å². The highest BCUT2D eigenvalue weighted by molar-refractivity contribution is 9.10. The number of rotatable bonds is 4. The molecule has 1 N–H and O–H groups in total. The number of nitrogens with zero attached hydrogens (tertiary/aromatic N) is 1. The number of para-hydroxylation sites is 1. The van der Waals surface area contributed by atoms with Crippen molar-refractivity contribution >= 4 is 15.9 Å². The third kappa shape index (κ3) is 2.56. The highest BCUT2D eigenvalue weighted by Gasteiger charge is 2.15. The normalized spacial score (nSPS) is 10.4. The van der Waals surface area contributed by atoms with Crippen molar-refractivity contribution in [1.82, 2.24) is 9.97 Å². The fraction of sp³-hybridized carbons (Fsp3) is 0.286. The van der Waals surface area contributed by atoms with Crippen LogP contribution >= 0.6 is 15.9 Å². The second kappa shape index (κ2) is 6.09. The lowest BCUT2D eigenvalue weighted by Gasteiger charge is -2.12. The number of ether oxygens (including phenoxy) is 2. The number of methoxy groups -OCH3 is 2. The topological polar surface area (TPSA) is 64.2 Å². The molecule has 0 amide bonds. The molecule has 2 rings (SSSR count). The Bertz CT molecular complexity index is 683. The maximum absolute atomic E-state index is 11.9. The van der Waals surface area contributed by atoms with Gasteiger partial charge >= 0.3 is 0 Å². The van der Waals surface area contributed by atoms with Crippen LogP contribution in [0.1, 0.15) is 12.6 Å². The van der Waals surface area contributed by atoms with Crippen LogP contribution in [0, 0.1) is 0 Å². The monoisotopic (exact) mass is 338 g/mol. The number of aromatic nitrogens is 2. The van der Waals surface area contributed by atoms with E-state index in [1.54, 1.807) is 20.3 Å². The van der Waals surface area contributed by atoms with E-state index in [4.69, 9.17) is 9.47 Å². The van der Waals surface area contributed by atoms with Crippen LogP contribution in [0.4, 0.5) is 0 Å². The van der Waals surface area contributed by atoms with Crippen LogP contribution in [0.2, 0.25) is 0 Å². The van der Waals surface area contributed by atoms with Crippen LogP contribution in [0.15, 0.2) is 27.5 Å². The Hall–Kier alpha value is -1.82. The van der Waals surface area contributed by atoms with Crippen LogP contribution in [0.3, 0.4) is 0 Å². The highest BCUT2D eigenvalue weighted by Crippen LogP contribution is 2.36. The molecule has 1 aromatic carbocycles. The molecule has 0 aliphatic heterocycles. The summed E-state index contributed by atoms with van der Waals surface area (Å²) in [5.74, 6) is 1.60. The van der Waals surface area contributed by atoms with Gasteiger partial charge in [-0.1, -0.05) is 13.0 Å². The maximum atomic E-state index is 11.9. The summed E-state index contributed by atoms with van der Waals surface area (Å²) in [5, 5.41) is 0. The Balaban J connectivity index is 2.69. The van der Waals surface area contributed by atoms with Gasteiger partial charge in [0.25, 0.3) is 5.56 Å². The molecule has 1 heterocycles. The number of nitrogens with one attached hydrogen (secondary N) is 1. The average Bonchev–Trinajstić information content (AvgIpc) is 2.48. The first-order valence-electron chi connectivity index (χ1n) is 6.12. The van der Waals surface area contributed by atoms with Gasteiger partial charge in [-0.3, -0.25) is 4.79 Å².